The lowest BCUT2D eigenvalue weighted by Gasteiger charge is -2.17. The number of carbonyl (C=O) groups is 1. The van der Waals surface area contributed by atoms with Gasteiger partial charge in [-0.2, -0.15) is 0 Å². The minimum Gasteiger partial charge on any atom is -0.493 e. The van der Waals surface area contributed by atoms with Crippen LogP contribution >= 0.6 is 0 Å². The number of non-ortho nitro benzene ring substituents is 1. The smallest absolute Gasteiger partial charge is 0.269 e. The molecule has 0 fully saturated rings. The zero-order valence-electron chi connectivity index (χ0n) is 13.6. The largest absolute Gasteiger partial charge is 0.493 e. The van der Waals surface area contributed by atoms with Gasteiger partial charge in [0.2, 0.25) is 5.78 Å². The lowest BCUT2D eigenvalue weighted by Crippen LogP contribution is -2.08. The van der Waals surface area contributed by atoms with Crippen LogP contribution in [0.4, 0.5) is 5.69 Å². The predicted octanol–water partition coefficient (Wildman–Crippen LogP) is 4.21. The third kappa shape index (κ3) is 2.46. The van der Waals surface area contributed by atoms with Crippen LogP contribution in [0.25, 0.3) is 11.0 Å². The molecule has 0 amide bonds. The molecule has 2 aromatic carbocycles. The first kappa shape index (κ1) is 15.4. The lowest BCUT2D eigenvalue weighted by atomic mass is 10.00. The highest BCUT2D eigenvalue weighted by Crippen LogP contribution is 2.38. The van der Waals surface area contributed by atoms with Crippen LogP contribution in [0.2, 0.25) is 0 Å². The van der Waals surface area contributed by atoms with Crippen LogP contribution in [0.15, 0.2) is 40.8 Å². The Morgan fingerprint density at radius 2 is 1.92 bits per heavy atom. The second kappa shape index (κ2) is 5.73. The molecule has 0 aliphatic carbocycles. The summed E-state index contributed by atoms with van der Waals surface area (Å²) < 4.78 is 11.6. The molecule has 0 N–H and O–H groups in total. The third-order valence-corrected chi connectivity index (χ3v) is 4.51. The van der Waals surface area contributed by atoms with Crippen LogP contribution < -0.4 is 4.74 Å². The van der Waals surface area contributed by atoms with Gasteiger partial charge in [0.1, 0.15) is 11.3 Å². The minimum atomic E-state index is -0.496. The van der Waals surface area contributed by atoms with E-state index in [9.17, 15) is 14.9 Å². The van der Waals surface area contributed by atoms with Crippen molar-refractivity contribution in [2.75, 3.05) is 6.61 Å². The summed E-state index contributed by atoms with van der Waals surface area (Å²) in [6.07, 6.45) is 1.92. The van der Waals surface area contributed by atoms with Crippen molar-refractivity contribution in [2.45, 2.75) is 19.8 Å². The van der Waals surface area contributed by atoms with Gasteiger partial charge in [0.15, 0.2) is 5.76 Å². The highest BCUT2D eigenvalue weighted by molar-refractivity contribution is 6.11. The van der Waals surface area contributed by atoms with E-state index in [0.29, 0.717) is 17.8 Å². The van der Waals surface area contributed by atoms with Crippen molar-refractivity contribution in [2.24, 2.45) is 0 Å². The molecule has 0 unspecified atom stereocenters. The highest BCUT2D eigenvalue weighted by Gasteiger charge is 2.24. The Hall–Kier alpha value is -3.15. The molecular weight excluding hydrogens is 322 g/mol. The van der Waals surface area contributed by atoms with Crippen molar-refractivity contribution >= 4 is 22.4 Å². The molecule has 1 aliphatic rings. The summed E-state index contributed by atoms with van der Waals surface area (Å²) in [7, 11) is 0. The van der Waals surface area contributed by atoms with Gasteiger partial charge in [-0.3, -0.25) is 14.9 Å². The molecule has 1 aliphatic heterocycles. The van der Waals surface area contributed by atoms with Crippen LogP contribution in [0.5, 0.6) is 5.75 Å². The molecule has 6 nitrogen and oxygen atoms in total. The van der Waals surface area contributed by atoms with E-state index in [4.69, 9.17) is 9.15 Å². The number of ether oxygens (including phenoxy) is 1. The Kier molecular flexibility index (Phi) is 3.53. The number of nitrogens with zero attached hydrogens (tertiary/aromatic N) is 1. The average molecular weight is 337 g/mol. The van der Waals surface area contributed by atoms with Crippen LogP contribution in [0.1, 0.15) is 33.7 Å². The molecule has 0 spiro atoms. The van der Waals surface area contributed by atoms with Crippen molar-refractivity contribution in [1.29, 1.82) is 0 Å². The van der Waals surface area contributed by atoms with Gasteiger partial charge in [0.25, 0.3) is 5.69 Å². The molecule has 4 rings (SSSR count). The van der Waals surface area contributed by atoms with Gasteiger partial charge in [-0.15, -0.1) is 0 Å². The summed E-state index contributed by atoms with van der Waals surface area (Å²) in [5, 5.41) is 11.6. The summed E-state index contributed by atoms with van der Waals surface area (Å²) in [4.78, 5) is 23.0. The van der Waals surface area contributed by atoms with E-state index in [2.05, 4.69) is 0 Å². The van der Waals surface area contributed by atoms with Gasteiger partial charge in [0, 0.05) is 23.3 Å². The molecular formula is C19H15NO5. The van der Waals surface area contributed by atoms with E-state index in [1.165, 1.54) is 24.3 Å². The summed E-state index contributed by atoms with van der Waals surface area (Å²) in [6, 6.07) is 9.35. The molecule has 0 atom stereocenters. The predicted molar refractivity (Wildman–Crippen MR) is 91.3 cm³/mol. The van der Waals surface area contributed by atoms with E-state index in [1.807, 2.05) is 19.1 Å². The Labute approximate surface area is 143 Å². The van der Waals surface area contributed by atoms with E-state index in [-0.39, 0.29) is 17.2 Å². The number of hydrogen-bond acceptors (Lipinski definition) is 5. The van der Waals surface area contributed by atoms with Crippen molar-refractivity contribution in [3.05, 3.63) is 69.0 Å². The molecule has 3 aromatic rings. The van der Waals surface area contributed by atoms with Gasteiger partial charge < -0.3 is 9.15 Å². The first-order valence-corrected chi connectivity index (χ1v) is 8.03. The zero-order valence-corrected chi connectivity index (χ0v) is 13.6. The van der Waals surface area contributed by atoms with Crippen LogP contribution in [-0.2, 0) is 6.42 Å². The maximum atomic E-state index is 12.8. The van der Waals surface area contributed by atoms with Gasteiger partial charge in [-0.25, -0.2) is 0 Å². The maximum Gasteiger partial charge on any atom is 0.269 e. The highest BCUT2D eigenvalue weighted by atomic mass is 16.6. The summed E-state index contributed by atoms with van der Waals surface area (Å²) in [5.41, 5.74) is 2.76. The van der Waals surface area contributed by atoms with E-state index in [0.717, 1.165) is 35.1 Å². The van der Waals surface area contributed by atoms with E-state index >= 15 is 0 Å². The van der Waals surface area contributed by atoms with Crippen molar-refractivity contribution in [3.8, 4) is 5.75 Å². The van der Waals surface area contributed by atoms with Gasteiger partial charge in [0.05, 0.1) is 16.9 Å². The molecule has 126 valence electrons. The number of nitro benzene ring substituents is 1. The van der Waals surface area contributed by atoms with Crippen molar-refractivity contribution in [3.63, 3.8) is 0 Å². The number of nitro groups is 1. The SMILES string of the molecule is Cc1c(C(=O)c2ccc([N+](=O)[O-])cc2)oc2ccc3c(c12)OCCC3. The lowest BCUT2D eigenvalue weighted by molar-refractivity contribution is -0.384. The standard InChI is InChI=1S/C19H15NO5/c1-11-16-15(9-6-13-3-2-10-24-19(13)16)25-18(11)17(21)12-4-7-14(8-5-12)20(22)23/h4-9H,2-3,10H2,1H3. The second-order valence-corrected chi connectivity index (χ2v) is 6.07. The fourth-order valence-corrected chi connectivity index (χ4v) is 3.23. The van der Waals surface area contributed by atoms with Gasteiger partial charge in [-0.1, -0.05) is 6.07 Å². The Morgan fingerprint density at radius 1 is 1.16 bits per heavy atom. The molecule has 0 radical (unpaired) electrons. The molecule has 25 heavy (non-hydrogen) atoms. The quantitative estimate of drug-likeness (QED) is 0.406. The monoisotopic (exact) mass is 337 g/mol. The molecule has 6 heteroatoms. The normalized spacial score (nSPS) is 13.3. The van der Waals surface area contributed by atoms with Crippen LogP contribution in [0.3, 0.4) is 0 Å². The number of hydrogen-bond donors (Lipinski definition) is 0. The minimum absolute atomic E-state index is 0.0552. The molecule has 0 saturated carbocycles. The van der Waals surface area contributed by atoms with Gasteiger partial charge >= 0.3 is 0 Å². The summed E-state index contributed by atoms with van der Waals surface area (Å²) >= 11 is 0. The molecule has 2 heterocycles. The first-order chi connectivity index (χ1) is 12.1. The molecule has 0 bridgehead atoms. The Balaban J connectivity index is 1.80. The molecule has 0 saturated heterocycles. The first-order valence-electron chi connectivity index (χ1n) is 8.03. The van der Waals surface area contributed by atoms with E-state index in [1.54, 1.807) is 0 Å². The number of fused-ring (bicyclic) bond motifs is 3. The third-order valence-electron chi connectivity index (χ3n) is 4.51. The number of furan rings is 1. The number of carbonyl (C=O) groups excluding carboxylic acids is 1. The second-order valence-electron chi connectivity index (χ2n) is 6.07. The number of benzene rings is 2. The van der Waals surface area contributed by atoms with Crippen LogP contribution in [-0.4, -0.2) is 17.3 Å². The number of ketones is 1. The van der Waals surface area contributed by atoms with Crippen molar-refractivity contribution < 1.29 is 18.9 Å². The summed E-state index contributed by atoms with van der Waals surface area (Å²) in [5.74, 6) is 0.743. The molecule has 1 aromatic heterocycles. The fourth-order valence-electron chi connectivity index (χ4n) is 3.23. The maximum absolute atomic E-state index is 12.8. The summed E-state index contributed by atoms with van der Waals surface area (Å²) in [6.45, 7) is 2.49. The number of rotatable bonds is 3. The Bertz CT molecular complexity index is 1000. The van der Waals surface area contributed by atoms with Crippen molar-refractivity contribution in [1.82, 2.24) is 0 Å². The average Bonchev–Trinajstić information content (AvgIpc) is 2.98. The van der Waals surface area contributed by atoms with E-state index < -0.39 is 4.92 Å². The van der Waals surface area contributed by atoms with Gasteiger partial charge in [-0.05, 0) is 43.5 Å². The number of aryl methyl sites for hydroxylation is 2. The fraction of sp³-hybridized carbons (Fsp3) is 0.211. The Morgan fingerprint density at radius 3 is 2.64 bits per heavy atom. The zero-order chi connectivity index (χ0) is 17.6. The topological polar surface area (TPSA) is 82.6 Å². The van der Waals surface area contributed by atoms with Crippen LogP contribution in [0, 0.1) is 17.0 Å².